The minimum Gasteiger partial charge on any atom is -0.0882 e. The normalized spacial score (nSPS) is 50.2. The van der Waals surface area contributed by atoms with Gasteiger partial charge in [0.1, 0.15) is 0 Å². The van der Waals surface area contributed by atoms with E-state index in [0.29, 0.717) is 5.41 Å². The Hall–Kier alpha value is -0.520. The lowest BCUT2D eigenvalue weighted by Crippen LogP contribution is -2.29. The maximum Gasteiger partial charge on any atom is -0.00754 e. The average Bonchev–Trinajstić information content (AvgIpc) is 2.51. The Morgan fingerprint density at radius 3 is 3.00 bits per heavy atom. The molecule has 0 aromatic rings. The number of fused-ring (bicyclic) bond motifs is 4. The van der Waals surface area contributed by atoms with Crippen LogP contribution in [0.15, 0.2) is 24.3 Å². The summed E-state index contributed by atoms with van der Waals surface area (Å²) in [6.45, 7) is 2.47. The van der Waals surface area contributed by atoms with Crippen molar-refractivity contribution in [3.63, 3.8) is 0 Å². The molecule has 0 aromatic heterocycles. The third-order valence-corrected chi connectivity index (χ3v) is 4.68. The number of hydrogen-bond acceptors (Lipinski definition) is 0. The molecule has 0 heterocycles. The Morgan fingerprint density at radius 1 is 1.14 bits per heavy atom. The molecule has 0 aromatic carbocycles. The van der Waals surface area contributed by atoms with Gasteiger partial charge in [-0.25, -0.2) is 0 Å². The zero-order valence-corrected chi connectivity index (χ0v) is 9.08. The van der Waals surface area contributed by atoms with Crippen LogP contribution in [0.25, 0.3) is 0 Å². The van der Waals surface area contributed by atoms with Crippen molar-refractivity contribution in [2.45, 2.75) is 39.0 Å². The van der Waals surface area contributed by atoms with E-state index in [-0.39, 0.29) is 0 Å². The largest absolute Gasteiger partial charge is 0.0882 e. The zero-order valence-electron chi connectivity index (χ0n) is 9.08. The molecular formula is C14H20. The van der Waals surface area contributed by atoms with Crippen LogP contribution in [-0.2, 0) is 0 Å². The summed E-state index contributed by atoms with van der Waals surface area (Å²) < 4.78 is 0. The first-order valence-electron chi connectivity index (χ1n) is 6.14. The quantitative estimate of drug-likeness (QED) is 0.505. The summed E-state index contributed by atoms with van der Waals surface area (Å²) in [5.74, 6) is 2.74. The van der Waals surface area contributed by atoms with Crippen LogP contribution in [0.5, 0.6) is 0 Å². The molecule has 0 N–H and O–H groups in total. The average molecular weight is 188 g/mol. The molecule has 0 spiro atoms. The van der Waals surface area contributed by atoms with Crippen molar-refractivity contribution < 1.29 is 0 Å². The molecular weight excluding hydrogens is 168 g/mol. The van der Waals surface area contributed by atoms with Crippen LogP contribution < -0.4 is 0 Å². The molecule has 4 unspecified atom stereocenters. The van der Waals surface area contributed by atoms with E-state index in [1.807, 2.05) is 0 Å². The van der Waals surface area contributed by atoms with E-state index in [1.54, 1.807) is 0 Å². The van der Waals surface area contributed by atoms with Crippen molar-refractivity contribution in [2.24, 2.45) is 23.2 Å². The Labute approximate surface area is 87.1 Å². The van der Waals surface area contributed by atoms with Crippen molar-refractivity contribution in [1.82, 2.24) is 0 Å². The molecule has 4 atom stereocenters. The minimum absolute atomic E-state index is 0.503. The number of allylic oxidation sites excluding steroid dienone is 4. The van der Waals surface area contributed by atoms with Crippen LogP contribution in [0.2, 0.25) is 0 Å². The fraction of sp³-hybridized carbons (Fsp3) is 0.714. The summed E-state index contributed by atoms with van der Waals surface area (Å²) in [5.41, 5.74) is 0.503. The van der Waals surface area contributed by atoms with Gasteiger partial charge in [0.15, 0.2) is 0 Å². The van der Waals surface area contributed by atoms with Crippen molar-refractivity contribution in [3.05, 3.63) is 24.3 Å². The maximum absolute atomic E-state index is 2.52. The molecule has 2 bridgehead atoms. The molecule has 3 aliphatic rings. The molecule has 3 aliphatic carbocycles. The SMILES string of the molecule is CC12C=CC(CCC3CCC=CC31)C2. The first-order chi connectivity index (χ1) is 6.78. The predicted molar refractivity (Wildman–Crippen MR) is 59.9 cm³/mol. The zero-order chi connectivity index (χ0) is 9.60. The van der Waals surface area contributed by atoms with E-state index in [2.05, 4.69) is 31.2 Å². The van der Waals surface area contributed by atoms with Crippen LogP contribution >= 0.6 is 0 Å². The van der Waals surface area contributed by atoms with E-state index in [4.69, 9.17) is 0 Å². The summed E-state index contributed by atoms with van der Waals surface area (Å²) in [4.78, 5) is 0. The second-order valence-corrected chi connectivity index (χ2v) is 5.70. The topological polar surface area (TPSA) is 0 Å². The van der Waals surface area contributed by atoms with E-state index in [9.17, 15) is 0 Å². The molecule has 0 nitrogen and oxygen atoms in total. The fourth-order valence-corrected chi connectivity index (χ4v) is 3.90. The lowest BCUT2D eigenvalue weighted by Gasteiger charge is -2.37. The van der Waals surface area contributed by atoms with Crippen molar-refractivity contribution in [1.29, 1.82) is 0 Å². The highest BCUT2D eigenvalue weighted by Crippen LogP contribution is 2.52. The molecule has 0 saturated heterocycles. The van der Waals surface area contributed by atoms with Gasteiger partial charge in [0.05, 0.1) is 0 Å². The third-order valence-electron chi connectivity index (χ3n) is 4.68. The first-order valence-corrected chi connectivity index (χ1v) is 6.14. The number of hydrogen-bond donors (Lipinski definition) is 0. The van der Waals surface area contributed by atoms with Crippen LogP contribution in [0, 0.1) is 23.2 Å². The monoisotopic (exact) mass is 188 g/mol. The van der Waals surface area contributed by atoms with Crippen molar-refractivity contribution in [3.8, 4) is 0 Å². The third kappa shape index (κ3) is 1.20. The second-order valence-electron chi connectivity index (χ2n) is 5.70. The number of rotatable bonds is 0. The van der Waals surface area contributed by atoms with Crippen LogP contribution in [0.4, 0.5) is 0 Å². The molecule has 14 heavy (non-hydrogen) atoms. The maximum atomic E-state index is 2.52. The van der Waals surface area contributed by atoms with Gasteiger partial charge in [-0.1, -0.05) is 31.2 Å². The van der Waals surface area contributed by atoms with Crippen LogP contribution in [-0.4, -0.2) is 0 Å². The standard InChI is InChI=1S/C14H20/c1-14-9-8-11(10-14)6-7-12-4-2-3-5-13(12)14/h3,5,8-9,11-13H,2,4,6-7,10H2,1H3. The molecule has 0 aliphatic heterocycles. The highest BCUT2D eigenvalue weighted by Gasteiger charge is 2.43. The Morgan fingerprint density at radius 2 is 2.07 bits per heavy atom. The minimum atomic E-state index is 0.503. The Balaban J connectivity index is 1.98. The van der Waals surface area contributed by atoms with Gasteiger partial charge in [-0.15, -0.1) is 0 Å². The molecule has 0 amide bonds. The van der Waals surface area contributed by atoms with Gasteiger partial charge in [0, 0.05) is 0 Å². The van der Waals surface area contributed by atoms with E-state index < -0.39 is 0 Å². The van der Waals surface area contributed by atoms with E-state index in [1.165, 1.54) is 32.1 Å². The second kappa shape index (κ2) is 2.98. The van der Waals surface area contributed by atoms with Crippen LogP contribution in [0.3, 0.4) is 0 Å². The molecule has 0 heteroatoms. The van der Waals surface area contributed by atoms with Crippen LogP contribution in [0.1, 0.15) is 39.0 Å². The molecule has 0 radical (unpaired) electrons. The Bertz CT molecular complexity index is 286. The summed E-state index contributed by atoms with van der Waals surface area (Å²) in [5, 5.41) is 0. The van der Waals surface area contributed by atoms with Gasteiger partial charge in [-0.05, 0) is 55.3 Å². The van der Waals surface area contributed by atoms with Gasteiger partial charge >= 0.3 is 0 Å². The van der Waals surface area contributed by atoms with Gasteiger partial charge < -0.3 is 0 Å². The summed E-state index contributed by atoms with van der Waals surface area (Å²) >= 11 is 0. The predicted octanol–water partition coefficient (Wildman–Crippen LogP) is 3.95. The highest BCUT2D eigenvalue weighted by molar-refractivity contribution is 5.18. The summed E-state index contributed by atoms with van der Waals surface area (Å²) in [6, 6.07) is 0. The molecule has 76 valence electrons. The van der Waals surface area contributed by atoms with Crippen molar-refractivity contribution >= 4 is 0 Å². The smallest absolute Gasteiger partial charge is 0.00754 e. The van der Waals surface area contributed by atoms with Crippen molar-refractivity contribution in [2.75, 3.05) is 0 Å². The first kappa shape index (κ1) is 8.76. The lowest BCUT2D eigenvalue weighted by molar-refractivity contribution is 0.208. The van der Waals surface area contributed by atoms with Gasteiger partial charge in [0.25, 0.3) is 0 Å². The summed E-state index contributed by atoms with van der Waals surface area (Å²) in [6.07, 6.45) is 17.0. The van der Waals surface area contributed by atoms with Gasteiger partial charge in [-0.2, -0.15) is 0 Å². The van der Waals surface area contributed by atoms with Gasteiger partial charge in [0.2, 0.25) is 0 Å². The fourth-order valence-electron chi connectivity index (χ4n) is 3.90. The van der Waals surface area contributed by atoms with E-state index >= 15 is 0 Å². The highest BCUT2D eigenvalue weighted by atomic mass is 14.5. The lowest BCUT2D eigenvalue weighted by atomic mass is 9.67. The van der Waals surface area contributed by atoms with Gasteiger partial charge in [-0.3, -0.25) is 0 Å². The molecule has 3 rings (SSSR count). The molecule has 1 saturated carbocycles. The molecule has 1 fully saturated rings. The summed E-state index contributed by atoms with van der Waals surface area (Å²) in [7, 11) is 0. The van der Waals surface area contributed by atoms with E-state index in [0.717, 1.165) is 17.8 Å². The Kier molecular flexibility index (Phi) is 1.87.